The molecule has 2 aromatic heterocycles. The highest BCUT2D eigenvalue weighted by Crippen LogP contribution is 2.47. The van der Waals surface area contributed by atoms with Crippen LogP contribution in [0.1, 0.15) is 49.3 Å². The summed E-state index contributed by atoms with van der Waals surface area (Å²) in [6, 6.07) is 2.04. The first-order chi connectivity index (χ1) is 15.3. The molecule has 1 unspecified atom stereocenters. The van der Waals surface area contributed by atoms with Gasteiger partial charge in [0, 0.05) is 43.2 Å². The highest BCUT2D eigenvalue weighted by atomic mass is 35.5. The Morgan fingerprint density at radius 3 is 2.67 bits per heavy atom. The van der Waals surface area contributed by atoms with Crippen molar-refractivity contribution in [3.8, 4) is 5.75 Å². The molecule has 33 heavy (non-hydrogen) atoms. The SMILES string of the molecule is COc1cc2[nH]n(C)c2c(CN2CC(CCC(C)(C)[Si](C)(C)O)c3c(Cl)nc(N)nc32)c1C. The van der Waals surface area contributed by atoms with E-state index in [1.54, 1.807) is 7.11 Å². The normalized spacial score (nSPS) is 16.6. The van der Waals surface area contributed by atoms with E-state index in [1.165, 1.54) is 11.1 Å². The predicted molar refractivity (Wildman–Crippen MR) is 137 cm³/mol. The van der Waals surface area contributed by atoms with Crippen LogP contribution in [-0.4, -0.2) is 46.5 Å². The molecule has 4 rings (SSSR count). The third-order valence-electron chi connectivity index (χ3n) is 7.65. The van der Waals surface area contributed by atoms with E-state index in [9.17, 15) is 4.80 Å². The number of ether oxygens (including phenoxy) is 1. The number of rotatable bonds is 7. The van der Waals surface area contributed by atoms with Crippen LogP contribution in [0.2, 0.25) is 23.3 Å². The number of aryl methyl sites for hydroxylation is 1. The number of fused-ring (bicyclic) bond motifs is 2. The lowest BCUT2D eigenvalue weighted by Crippen LogP contribution is -2.39. The molecular weight excluding hydrogens is 456 g/mol. The summed E-state index contributed by atoms with van der Waals surface area (Å²) in [5.74, 6) is 2.03. The van der Waals surface area contributed by atoms with Gasteiger partial charge in [0.25, 0.3) is 0 Å². The molecule has 8 nitrogen and oxygen atoms in total. The van der Waals surface area contributed by atoms with Crippen LogP contribution in [-0.2, 0) is 13.6 Å². The summed E-state index contributed by atoms with van der Waals surface area (Å²) < 4.78 is 7.66. The van der Waals surface area contributed by atoms with E-state index in [-0.39, 0.29) is 16.9 Å². The van der Waals surface area contributed by atoms with Gasteiger partial charge >= 0.3 is 0 Å². The first-order valence-corrected chi connectivity index (χ1v) is 14.7. The van der Waals surface area contributed by atoms with E-state index in [0.29, 0.717) is 11.7 Å². The van der Waals surface area contributed by atoms with Crippen LogP contribution >= 0.6 is 11.6 Å². The molecule has 0 aliphatic carbocycles. The summed E-state index contributed by atoms with van der Waals surface area (Å²) in [6.45, 7) is 11.9. The molecule has 0 spiro atoms. The van der Waals surface area contributed by atoms with Crippen molar-refractivity contribution in [3.63, 3.8) is 0 Å². The predicted octanol–water partition coefficient (Wildman–Crippen LogP) is 4.71. The number of nitrogen functional groups attached to an aromatic ring is 1. The summed E-state index contributed by atoms with van der Waals surface area (Å²) in [4.78, 5) is 21.9. The molecular formula is C23H35ClN6O2Si. The molecule has 3 heterocycles. The minimum Gasteiger partial charge on any atom is -0.496 e. The van der Waals surface area contributed by atoms with Gasteiger partial charge in [0.15, 0.2) is 8.32 Å². The van der Waals surface area contributed by atoms with E-state index in [4.69, 9.17) is 22.1 Å². The minimum absolute atomic E-state index is 0.109. The average molecular weight is 491 g/mol. The Labute approximate surface area is 201 Å². The van der Waals surface area contributed by atoms with Crippen molar-refractivity contribution in [2.24, 2.45) is 7.05 Å². The number of aromatic amines is 1. The molecule has 4 N–H and O–H groups in total. The highest BCUT2D eigenvalue weighted by molar-refractivity contribution is 6.72. The lowest BCUT2D eigenvalue weighted by molar-refractivity contribution is 0.411. The van der Waals surface area contributed by atoms with E-state index in [2.05, 4.69) is 40.7 Å². The van der Waals surface area contributed by atoms with Gasteiger partial charge in [-0.3, -0.25) is 9.78 Å². The fourth-order valence-corrected chi connectivity index (χ4v) is 5.83. The summed E-state index contributed by atoms with van der Waals surface area (Å²) >= 11 is 6.61. The Morgan fingerprint density at radius 2 is 2.06 bits per heavy atom. The number of halogens is 1. The van der Waals surface area contributed by atoms with Crippen molar-refractivity contribution in [2.45, 2.75) is 64.2 Å². The highest BCUT2D eigenvalue weighted by Gasteiger charge is 2.40. The van der Waals surface area contributed by atoms with Gasteiger partial charge in [-0.2, -0.15) is 4.98 Å². The zero-order chi connectivity index (χ0) is 24.3. The molecule has 0 fully saturated rings. The summed E-state index contributed by atoms with van der Waals surface area (Å²) in [5, 5.41) is 3.62. The standard InChI is InChI=1S/C23H35ClN6O2Si/c1-13-15(19-16(28-29(19)4)10-17(13)32-5)12-30-11-14(8-9-23(2,3)33(6,7)31)18-20(24)26-22(25)27-21(18)30/h10,14,28,31H,8-9,11-12H2,1-7H3,(H2,25,26,27). The van der Waals surface area contributed by atoms with E-state index < -0.39 is 8.32 Å². The molecule has 3 aromatic rings. The lowest BCUT2D eigenvalue weighted by atomic mass is 9.94. The monoisotopic (exact) mass is 490 g/mol. The van der Waals surface area contributed by atoms with E-state index in [1.807, 2.05) is 30.9 Å². The van der Waals surface area contributed by atoms with Gasteiger partial charge in [0.2, 0.25) is 5.95 Å². The number of anilines is 2. The van der Waals surface area contributed by atoms with E-state index in [0.717, 1.165) is 47.6 Å². The maximum atomic E-state index is 10.8. The van der Waals surface area contributed by atoms with Gasteiger partial charge in [-0.1, -0.05) is 25.4 Å². The number of hydrogen-bond acceptors (Lipinski definition) is 6. The van der Waals surface area contributed by atoms with Crippen molar-refractivity contribution in [2.75, 3.05) is 24.3 Å². The molecule has 10 heteroatoms. The summed E-state index contributed by atoms with van der Waals surface area (Å²) in [7, 11) is 1.41. The van der Waals surface area contributed by atoms with Gasteiger partial charge in [-0.05, 0) is 43.5 Å². The van der Waals surface area contributed by atoms with Crippen molar-refractivity contribution in [3.05, 3.63) is 27.9 Å². The Morgan fingerprint density at radius 1 is 1.36 bits per heavy atom. The zero-order valence-corrected chi connectivity index (χ0v) is 22.3. The second-order valence-corrected chi connectivity index (χ2v) is 15.2. The number of nitrogens with one attached hydrogen (secondary N) is 1. The van der Waals surface area contributed by atoms with Crippen molar-refractivity contribution in [1.29, 1.82) is 0 Å². The molecule has 0 amide bonds. The fourth-order valence-electron chi connectivity index (χ4n) is 4.74. The molecule has 1 aromatic carbocycles. The van der Waals surface area contributed by atoms with Crippen molar-refractivity contribution < 1.29 is 9.53 Å². The third kappa shape index (κ3) is 4.11. The molecule has 1 aliphatic heterocycles. The Bertz CT molecular complexity index is 1200. The maximum absolute atomic E-state index is 10.8. The summed E-state index contributed by atoms with van der Waals surface area (Å²) in [6.07, 6.45) is 1.80. The number of nitrogens with two attached hydrogens (primary N) is 1. The van der Waals surface area contributed by atoms with Crippen LogP contribution in [0.3, 0.4) is 0 Å². The van der Waals surface area contributed by atoms with Gasteiger partial charge in [-0.25, -0.2) is 4.98 Å². The van der Waals surface area contributed by atoms with Gasteiger partial charge in [-0.15, -0.1) is 0 Å². The van der Waals surface area contributed by atoms with Crippen molar-refractivity contribution >= 4 is 42.7 Å². The van der Waals surface area contributed by atoms with Gasteiger partial charge in [0.1, 0.15) is 16.7 Å². The Hall–Kier alpha value is -2.23. The van der Waals surface area contributed by atoms with Crippen molar-refractivity contribution in [1.82, 2.24) is 19.7 Å². The largest absolute Gasteiger partial charge is 0.496 e. The quantitative estimate of drug-likeness (QED) is 0.327. The zero-order valence-electron chi connectivity index (χ0n) is 20.6. The Kier molecular flexibility index (Phi) is 5.95. The van der Waals surface area contributed by atoms with E-state index >= 15 is 0 Å². The van der Waals surface area contributed by atoms with Crippen LogP contribution in [0, 0.1) is 6.92 Å². The summed E-state index contributed by atoms with van der Waals surface area (Å²) in [5.41, 5.74) is 11.5. The molecule has 0 saturated heterocycles. The Balaban J connectivity index is 1.69. The minimum atomic E-state index is -2.30. The molecule has 1 atom stereocenters. The first-order valence-electron chi connectivity index (χ1n) is 11.3. The second kappa shape index (κ2) is 8.21. The third-order valence-corrected chi connectivity index (χ3v) is 11.5. The lowest BCUT2D eigenvalue weighted by Gasteiger charge is -2.35. The molecule has 0 radical (unpaired) electrons. The van der Waals surface area contributed by atoms with Crippen LogP contribution in [0.5, 0.6) is 5.75 Å². The number of hydrogen-bond donors (Lipinski definition) is 3. The van der Waals surface area contributed by atoms with Crippen LogP contribution in [0.25, 0.3) is 11.0 Å². The second-order valence-electron chi connectivity index (χ2n) is 10.4. The topological polar surface area (TPSA) is 105 Å². The number of methoxy groups -OCH3 is 1. The maximum Gasteiger partial charge on any atom is 0.223 e. The number of nitrogens with zero attached hydrogens (tertiary/aromatic N) is 4. The molecule has 0 saturated carbocycles. The fraction of sp³-hybridized carbons (Fsp3) is 0.565. The first kappa shape index (κ1) is 23.9. The van der Waals surface area contributed by atoms with Gasteiger partial charge < -0.3 is 20.2 Å². The van der Waals surface area contributed by atoms with Crippen LogP contribution in [0.4, 0.5) is 11.8 Å². The van der Waals surface area contributed by atoms with Crippen LogP contribution in [0.15, 0.2) is 6.07 Å². The number of benzene rings is 1. The number of H-pyrrole nitrogens is 1. The van der Waals surface area contributed by atoms with Crippen LogP contribution < -0.4 is 15.4 Å². The molecule has 0 bridgehead atoms. The average Bonchev–Trinajstić information content (AvgIpc) is 3.04. The smallest absolute Gasteiger partial charge is 0.223 e. The van der Waals surface area contributed by atoms with Gasteiger partial charge in [0.05, 0.1) is 18.1 Å². The number of aromatic nitrogens is 4. The molecule has 1 aliphatic rings. The molecule has 180 valence electrons.